The summed E-state index contributed by atoms with van der Waals surface area (Å²) in [5.74, 6) is -0.428. The average molecular weight is 265 g/mol. The molecule has 2 rings (SSSR count). The van der Waals surface area contributed by atoms with Crippen LogP contribution in [-0.2, 0) is 4.79 Å². The molecule has 7 nitrogen and oxygen atoms in total. The Kier molecular flexibility index (Phi) is 3.94. The number of hydrogen-bond acceptors (Lipinski definition) is 5. The second-order valence-electron chi connectivity index (χ2n) is 4.68. The normalized spacial score (nSPS) is 22.1. The van der Waals surface area contributed by atoms with Gasteiger partial charge in [0.2, 0.25) is 0 Å². The molecule has 102 valence electrons. The van der Waals surface area contributed by atoms with Crippen molar-refractivity contribution in [2.75, 3.05) is 11.9 Å². The Morgan fingerprint density at radius 1 is 1.53 bits per heavy atom. The lowest BCUT2D eigenvalue weighted by Crippen LogP contribution is -2.24. The monoisotopic (exact) mass is 265 g/mol. The molecule has 2 unspecified atom stereocenters. The summed E-state index contributed by atoms with van der Waals surface area (Å²) >= 11 is 0. The third-order valence-corrected chi connectivity index (χ3v) is 3.48. The van der Waals surface area contributed by atoms with Crippen molar-refractivity contribution >= 4 is 17.5 Å². The van der Waals surface area contributed by atoms with Crippen LogP contribution in [0.25, 0.3) is 0 Å². The zero-order valence-electron chi connectivity index (χ0n) is 10.3. The standard InChI is InChI=1S/C12H15N3O4/c16-12(17)10-3-1-2-8(10)6-13-11-5-4-9(7-14-11)15(18)19/h4-5,7-8,10H,1-3,6H2,(H,13,14)(H,16,17). The van der Waals surface area contributed by atoms with E-state index in [-0.39, 0.29) is 17.5 Å². The van der Waals surface area contributed by atoms with Crippen molar-refractivity contribution in [2.24, 2.45) is 11.8 Å². The molecular formula is C12H15N3O4. The van der Waals surface area contributed by atoms with Crippen LogP contribution in [0.5, 0.6) is 0 Å². The van der Waals surface area contributed by atoms with Crippen molar-refractivity contribution in [3.63, 3.8) is 0 Å². The predicted molar refractivity (Wildman–Crippen MR) is 67.8 cm³/mol. The van der Waals surface area contributed by atoms with Crippen LogP contribution in [0.15, 0.2) is 18.3 Å². The van der Waals surface area contributed by atoms with Crippen LogP contribution in [0.3, 0.4) is 0 Å². The molecule has 1 aliphatic rings. The first-order valence-corrected chi connectivity index (χ1v) is 6.15. The van der Waals surface area contributed by atoms with E-state index in [1.54, 1.807) is 0 Å². The van der Waals surface area contributed by atoms with Crippen LogP contribution in [0.4, 0.5) is 11.5 Å². The van der Waals surface area contributed by atoms with E-state index < -0.39 is 10.9 Å². The molecule has 0 amide bonds. The molecule has 1 heterocycles. The van der Waals surface area contributed by atoms with Crippen LogP contribution in [0.2, 0.25) is 0 Å². The van der Waals surface area contributed by atoms with Crippen molar-refractivity contribution in [1.29, 1.82) is 0 Å². The van der Waals surface area contributed by atoms with Crippen molar-refractivity contribution in [3.8, 4) is 0 Å². The van der Waals surface area contributed by atoms with E-state index in [4.69, 9.17) is 5.11 Å². The highest BCUT2D eigenvalue weighted by atomic mass is 16.6. The fourth-order valence-electron chi connectivity index (χ4n) is 2.44. The maximum Gasteiger partial charge on any atom is 0.306 e. The Hall–Kier alpha value is -2.18. The molecule has 0 aliphatic heterocycles. The molecule has 1 fully saturated rings. The fraction of sp³-hybridized carbons (Fsp3) is 0.500. The molecule has 7 heteroatoms. The van der Waals surface area contributed by atoms with Crippen LogP contribution in [-0.4, -0.2) is 27.5 Å². The van der Waals surface area contributed by atoms with Crippen molar-refractivity contribution in [2.45, 2.75) is 19.3 Å². The molecule has 0 saturated heterocycles. The number of aromatic nitrogens is 1. The minimum Gasteiger partial charge on any atom is -0.481 e. The summed E-state index contributed by atoms with van der Waals surface area (Å²) in [6, 6.07) is 2.90. The number of nitro groups is 1. The SMILES string of the molecule is O=C(O)C1CCCC1CNc1ccc([N+](=O)[O-])cn1. The van der Waals surface area contributed by atoms with E-state index in [1.807, 2.05) is 0 Å². The fourth-order valence-corrected chi connectivity index (χ4v) is 2.44. The summed E-state index contributed by atoms with van der Waals surface area (Å²) < 4.78 is 0. The highest BCUT2D eigenvalue weighted by Gasteiger charge is 2.32. The second kappa shape index (κ2) is 5.64. The smallest absolute Gasteiger partial charge is 0.306 e. The summed E-state index contributed by atoms with van der Waals surface area (Å²) in [4.78, 5) is 24.9. The molecule has 0 aromatic carbocycles. The van der Waals surface area contributed by atoms with Gasteiger partial charge in [-0.3, -0.25) is 14.9 Å². The molecule has 0 spiro atoms. The van der Waals surface area contributed by atoms with Gasteiger partial charge in [-0.2, -0.15) is 0 Å². The van der Waals surface area contributed by atoms with Gasteiger partial charge in [0, 0.05) is 12.6 Å². The molecule has 1 aliphatic carbocycles. The maximum atomic E-state index is 11.0. The number of pyridine rings is 1. The van der Waals surface area contributed by atoms with E-state index in [0.717, 1.165) is 19.3 Å². The van der Waals surface area contributed by atoms with E-state index in [1.165, 1.54) is 18.3 Å². The van der Waals surface area contributed by atoms with Gasteiger partial charge in [0.25, 0.3) is 5.69 Å². The first kappa shape index (κ1) is 13.3. The van der Waals surface area contributed by atoms with Gasteiger partial charge in [-0.05, 0) is 24.8 Å². The Bertz CT molecular complexity index is 474. The van der Waals surface area contributed by atoms with Crippen molar-refractivity contribution in [3.05, 3.63) is 28.4 Å². The quantitative estimate of drug-likeness (QED) is 0.622. The largest absolute Gasteiger partial charge is 0.481 e. The van der Waals surface area contributed by atoms with E-state index >= 15 is 0 Å². The molecule has 0 radical (unpaired) electrons. The number of aliphatic carboxylic acids is 1. The third-order valence-electron chi connectivity index (χ3n) is 3.48. The summed E-state index contributed by atoms with van der Waals surface area (Å²) in [7, 11) is 0. The summed E-state index contributed by atoms with van der Waals surface area (Å²) in [5, 5.41) is 22.6. The number of rotatable bonds is 5. The van der Waals surface area contributed by atoms with Crippen LogP contribution >= 0.6 is 0 Å². The second-order valence-corrected chi connectivity index (χ2v) is 4.68. The topological polar surface area (TPSA) is 105 Å². The lowest BCUT2D eigenvalue weighted by Gasteiger charge is -2.16. The molecule has 2 N–H and O–H groups in total. The molecule has 0 bridgehead atoms. The van der Waals surface area contributed by atoms with Gasteiger partial charge in [0.15, 0.2) is 0 Å². The molecule has 1 aromatic heterocycles. The third kappa shape index (κ3) is 3.18. The minimum atomic E-state index is -0.749. The van der Waals surface area contributed by atoms with Gasteiger partial charge in [0.05, 0.1) is 10.8 Å². The van der Waals surface area contributed by atoms with Gasteiger partial charge < -0.3 is 10.4 Å². The highest BCUT2D eigenvalue weighted by molar-refractivity contribution is 5.70. The number of carboxylic acids is 1. The first-order valence-electron chi connectivity index (χ1n) is 6.15. The molecular weight excluding hydrogens is 250 g/mol. The average Bonchev–Trinajstić information content (AvgIpc) is 2.85. The van der Waals surface area contributed by atoms with Gasteiger partial charge in [-0.1, -0.05) is 6.42 Å². The van der Waals surface area contributed by atoms with Crippen molar-refractivity contribution in [1.82, 2.24) is 4.98 Å². The van der Waals surface area contributed by atoms with Crippen LogP contribution in [0.1, 0.15) is 19.3 Å². The Morgan fingerprint density at radius 2 is 2.32 bits per heavy atom. The number of anilines is 1. The van der Waals surface area contributed by atoms with E-state index in [2.05, 4.69) is 10.3 Å². The lowest BCUT2D eigenvalue weighted by atomic mass is 9.96. The molecule has 19 heavy (non-hydrogen) atoms. The number of hydrogen-bond donors (Lipinski definition) is 2. The van der Waals surface area contributed by atoms with Gasteiger partial charge >= 0.3 is 5.97 Å². The first-order chi connectivity index (χ1) is 9.08. The highest BCUT2D eigenvalue weighted by Crippen LogP contribution is 2.31. The zero-order valence-corrected chi connectivity index (χ0v) is 10.3. The van der Waals surface area contributed by atoms with Crippen LogP contribution in [0, 0.1) is 22.0 Å². The van der Waals surface area contributed by atoms with Gasteiger partial charge in [0.1, 0.15) is 12.0 Å². The number of nitrogens with zero attached hydrogens (tertiary/aromatic N) is 2. The Balaban J connectivity index is 1.91. The Morgan fingerprint density at radius 3 is 2.89 bits per heavy atom. The zero-order chi connectivity index (χ0) is 13.8. The Labute approximate surface area is 109 Å². The molecule has 1 aromatic rings. The van der Waals surface area contributed by atoms with Gasteiger partial charge in [-0.15, -0.1) is 0 Å². The van der Waals surface area contributed by atoms with E-state index in [0.29, 0.717) is 12.4 Å². The van der Waals surface area contributed by atoms with E-state index in [9.17, 15) is 14.9 Å². The minimum absolute atomic E-state index is 0.0603. The van der Waals surface area contributed by atoms with Crippen molar-refractivity contribution < 1.29 is 14.8 Å². The lowest BCUT2D eigenvalue weighted by molar-refractivity contribution is -0.385. The van der Waals surface area contributed by atoms with Gasteiger partial charge in [-0.25, -0.2) is 4.98 Å². The maximum absolute atomic E-state index is 11.0. The number of carbonyl (C=O) groups is 1. The predicted octanol–water partition coefficient (Wildman–Crippen LogP) is 1.90. The summed E-state index contributed by atoms with van der Waals surface area (Å²) in [6.45, 7) is 0.530. The van der Waals surface area contributed by atoms with Crippen LogP contribution < -0.4 is 5.32 Å². The molecule has 1 saturated carbocycles. The summed E-state index contributed by atoms with van der Waals surface area (Å²) in [5.41, 5.74) is -0.0603. The number of carboxylic acid groups (broad SMARTS) is 1. The number of nitrogens with one attached hydrogen (secondary N) is 1. The molecule has 2 atom stereocenters. The summed E-state index contributed by atoms with van der Waals surface area (Å²) in [6.07, 6.45) is 3.72.